The largest absolute Gasteiger partial charge is 0.490 e. The van der Waals surface area contributed by atoms with Crippen LogP contribution in [0.5, 0.6) is 11.5 Å². The number of nitrogens with zero attached hydrogens (tertiary/aromatic N) is 1. The van der Waals surface area contributed by atoms with Crippen LogP contribution >= 0.6 is 0 Å². The smallest absolute Gasteiger partial charge is 0.411 e. The van der Waals surface area contributed by atoms with Crippen molar-refractivity contribution in [1.29, 1.82) is 0 Å². The molecule has 158 valence electrons. The van der Waals surface area contributed by atoms with E-state index in [0.717, 1.165) is 5.56 Å². The fourth-order valence-corrected chi connectivity index (χ4v) is 2.38. The SMILES string of the molecule is CCOc1cc(C(=O)NC(C)COCC(F)(F)F)ccc1OCc1ccncc1. The first-order chi connectivity index (χ1) is 13.8. The van der Waals surface area contributed by atoms with Crippen LogP contribution in [0.4, 0.5) is 13.2 Å². The van der Waals surface area contributed by atoms with E-state index in [1.54, 1.807) is 38.4 Å². The molecule has 29 heavy (non-hydrogen) atoms. The summed E-state index contributed by atoms with van der Waals surface area (Å²) in [6, 6.07) is 7.76. The van der Waals surface area contributed by atoms with E-state index in [9.17, 15) is 18.0 Å². The van der Waals surface area contributed by atoms with Crippen molar-refractivity contribution < 1.29 is 32.2 Å². The molecule has 1 unspecified atom stereocenters. The summed E-state index contributed by atoms with van der Waals surface area (Å²) in [4.78, 5) is 16.3. The quantitative estimate of drug-likeness (QED) is 0.644. The van der Waals surface area contributed by atoms with Crippen molar-refractivity contribution in [3.63, 3.8) is 0 Å². The van der Waals surface area contributed by atoms with Gasteiger partial charge in [-0.2, -0.15) is 13.2 Å². The number of amides is 1. The summed E-state index contributed by atoms with van der Waals surface area (Å²) in [5.41, 5.74) is 1.23. The Kier molecular flexibility index (Phi) is 8.26. The minimum Gasteiger partial charge on any atom is -0.490 e. The number of pyridine rings is 1. The van der Waals surface area contributed by atoms with Crippen LogP contribution in [0.2, 0.25) is 0 Å². The van der Waals surface area contributed by atoms with E-state index in [2.05, 4.69) is 15.0 Å². The van der Waals surface area contributed by atoms with Crippen LogP contribution in [0.25, 0.3) is 0 Å². The van der Waals surface area contributed by atoms with Crippen molar-refractivity contribution in [3.05, 3.63) is 53.9 Å². The minimum absolute atomic E-state index is 0.253. The van der Waals surface area contributed by atoms with Gasteiger partial charge in [-0.15, -0.1) is 0 Å². The predicted molar refractivity (Wildman–Crippen MR) is 100.0 cm³/mol. The highest BCUT2D eigenvalue weighted by molar-refractivity contribution is 5.95. The number of ether oxygens (including phenoxy) is 3. The number of carbonyl (C=O) groups is 1. The normalized spacial score (nSPS) is 12.3. The number of nitrogens with one attached hydrogen (secondary N) is 1. The Morgan fingerprint density at radius 3 is 2.52 bits per heavy atom. The van der Waals surface area contributed by atoms with Gasteiger partial charge < -0.3 is 19.5 Å². The molecule has 1 heterocycles. The number of hydrogen-bond acceptors (Lipinski definition) is 5. The molecule has 0 aliphatic rings. The molecule has 0 fully saturated rings. The van der Waals surface area contributed by atoms with Crippen molar-refractivity contribution in [2.45, 2.75) is 32.7 Å². The monoisotopic (exact) mass is 412 g/mol. The summed E-state index contributed by atoms with van der Waals surface area (Å²) >= 11 is 0. The number of alkyl halides is 3. The summed E-state index contributed by atoms with van der Waals surface area (Å²) < 4.78 is 52.2. The molecule has 1 atom stereocenters. The lowest BCUT2D eigenvalue weighted by atomic mass is 10.1. The highest BCUT2D eigenvalue weighted by Crippen LogP contribution is 2.29. The average molecular weight is 412 g/mol. The fraction of sp³-hybridized carbons (Fsp3) is 0.400. The van der Waals surface area contributed by atoms with Crippen LogP contribution in [0.15, 0.2) is 42.7 Å². The third kappa shape index (κ3) is 7.98. The van der Waals surface area contributed by atoms with Gasteiger partial charge in [0.25, 0.3) is 5.91 Å². The van der Waals surface area contributed by atoms with Gasteiger partial charge in [-0.05, 0) is 49.7 Å². The lowest BCUT2D eigenvalue weighted by molar-refractivity contribution is -0.174. The van der Waals surface area contributed by atoms with E-state index in [0.29, 0.717) is 30.3 Å². The molecule has 2 rings (SSSR count). The van der Waals surface area contributed by atoms with Crippen LogP contribution < -0.4 is 14.8 Å². The van der Waals surface area contributed by atoms with Crippen molar-refractivity contribution >= 4 is 5.91 Å². The first-order valence-electron chi connectivity index (χ1n) is 9.02. The van der Waals surface area contributed by atoms with E-state index >= 15 is 0 Å². The van der Waals surface area contributed by atoms with E-state index in [1.165, 1.54) is 6.07 Å². The van der Waals surface area contributed by atoms with Crippen LogP contribution in [-0.2, 0) is 11.3 Å². The maximum Gasteiger partial charge on any atom is 0.411 e. The van der Waals surface area contributed by atoms with E-state index in [1.807, 2.05) is 12.1 Å². The zero-order chi connectivity index (χ0) is 21.3. The number of rotatable bonds is 10. The Labute approximate surface area is 167 Å². The van der Waals surface area contributed by atoms with Gasteiger partial charge in [-0.3, -0.25) is 9.78 Å². The van der Waals surface area contributed by atoms with E-state index in [-0.39, 0.29) is 6.61 Å². The second kappa shape index (κ2) is 10.7. The number of benzene rings is 1. The molecule has 1 N–H and O–H groups in total. The second-order valence-corrected chi connectivity index (χ2v) is 6.24. The zero-order valence-corrected chi connectivity index (χ0v) is 16.2. The number of carbonyl (C=O) groups excluding carboxylic acids is 1. The molecule has 2 aromatic rings. The predicted octanol–water partition coefficient (Wildman–Crippen LogP) is 3.76. The maximum absolute atomic E-state index is 12.4. The molecule has 6 nitrogen and oxygen atoms in total. The standard InChI is InChI=1S/C20H23F3N2O4/c1-3-28-18-10-16(19(26)25-14(2)11-27-13-20(21,22)23)4-5-17(18)29-12-15-6-8-24-9-7-15/h4-10,14H,3,11-13H2,1-2H3,(H,25,26). The van der Waals surface area contributed by atoms with Gasteiger partial charge in [-0.25, -0.2) is 0 Å². The summed E-state index contributed by atoms with van der Waals surface area (Å²) in [6.45, 7) is 2.44. The molecule has 0 aliphatic carbocycles. The van der Waals surface area contributed by atoms with Crippen LogP contribution in [-0.4, -0.2) is 42.9 Å². The van der Waals surface area contributed by atoms with Gasteiger partial charge in [0.1, 0.15) is 13.2 Å². The third-order valence-electron chi connectivity index (χ3n) is 3.66. The maximum atomic E-state index is 12.4. The molecule has 1 amide bonds. The number of halogens is 3. The summed E-state index contributed by atoms with van der Waals surface area (Å²) in [6.07, 6.45) is -1.08. The van der Waals surface area contributed by atoms with Crippen LogP contribution in [0.1, 0.15) is 29.8 Å². The van der Waals surface area contributed by atoms with E-state index < -0.39 is 24.7 Å². The van der Waals surface area contributed by atoms with E-state index in [4.69, 9.17) is 9.47 Å². The summed E-state index contributed by atoms with van der Waals surface area (Å²) in [7, 11) is 0. The number of hydrogen-bond donors (Lipinski definition) is 1. The Morgan fingerprint density at radius 2 is 1.86 bits per heavy atom. The summed E-state index contributed by atoms with van der Waals surface area (Å²) in [5, 5.41) is 2.59. The molecular weight excluding hydrogens is 389 g/mol. The third-order valence-corrected chi connectivity index (χ3v) is 3.66. The minimum atomic E-state index is -4.40. The molecule has 0 aliphatic heterocycles. The molecular formula is C20H23F3N2O4. The second-order valence-electron chi connectivity index (χ2n) is 6.24. The Morgan fingerprint density at radius 1 is 1.14 bits per heavy atom. The molecule has 0 spiro atoms. The first kappa shape index (κ1) is 22.5. The molecule has 0 saturated carbocycles. The lowest BCUT2D eigenvalue weighted by Gasteiger charge is -2.16. The van der Waals surface area contributed by atoms with Crippen LogP contribution in [0, 0.1) is 0 Å². The average Bonchev–Trinajstić information content (AvgIpc) is 2.67. The molecule has 1 aromatic heterocycles. The lowest BCUT2D eigenvalue weighted by Crippen LogP contribution is -2.36. The first-order valence-corrected chi connectivity index (χ1v) is 9.02. The number of aromatic nitrogens is 1. The van der Waals surface area contributed by atoms with Crippen molar-refractivity contribution in [1.82, 2.24) is 10.3 Å². The highest BCUT2D eigenvalue weighted by atomic mass is 19.4. The van der Waals surface area contributed by atoms with Gasteiger partial charge in [0, 0.05) is 24.0 Å². The van der Waals surface area contributed by atoms with Crippen molar-refractivity contribution in [3.8, 4) is 11.5 Å². The Hall–Kier alpha value is -2.81. The Bertz CT molecular complexity index is 785. The van der Waals surface area contributed by atoms with Crippen molar-refractivity contribution in [2.24, 2.45) is 0 Å². The van der Waals surface area contributed by atoms with Crippen molar-refractivity contribution in [2.75, 3.05) is 19.8 Å². The highest BCUT2D eigenvalue weighted by Gasteiger charge is 2.27. The van der Waals surface area contributed by atoms with Crippen LogP contribution in [0.3, 0.4) is 0 Å². The topological polar surface area (TPSA) is 69.7 Å². The summed E-state index contributed by atoms with van der Waals surface area (Å²) in [5.74, 6) is 0.423. The Balaban J connectivity index is 1.97. The molecule has 0 radical (unpaired) electrons. The molecule has 9 heteroatoms. The molecule has 0 bridgehead atoms. The van der Waals surface area contributed by atoms with Gasteiger partial charge in [0.15, 0.2) is 11.5 Å². The molecule has 1 aromatic carbocycles. The van der Waals surface area contributed by atoms with Gasteiger partial charge in [0.05, 0.1) is 13.2 Å². The zero-order valence-electron chi connectivity index (χ0n) is 16.2. The molecule has 0 saturated heterocycles. The fourth-order valence-electron chi connectivity index (χ4n) is 2.38. The van der Waals surface area contributed by atoms with Gasteiger partial charge >= 0.3 is 6.18 Å². The van der Waals surface area contributed by atoms with Gasteiger partial charge in [0.2, 0.25) is 0 Å². The van der Waals surface area contributed by atoms with Gasteiger partial charge in [-0.1, -0.05) is 0 Å².